The van der Waals surface area contributed by atoms with Gasteiger partial charge in [0.25, 0.3) is 0 Å². The SMILES string of the molecule is CC(O)C(C)SCC(=O)N1CCCC1c1cccs1. The average Bonchev–Trinajstić information content (AvgIpc) is 3.04. The van der Waals surface area contributed by atoms with Crippen LogP contribution in [0.15, 0.2) is 17.5 Å². The molecular formula is C14H21NO2S2. The number of aliphatic hydroxyl groups excluding tert-OH is 1. The van der Waals surface area contributed by atoms with E-state index in [2.05, 4.69) is 11.4 Å². The predicted molar refractivity (Wildman–Crippen MR) is 81.6 cm³/mol. The highest BCUT2D eigenvalue weighted by molar-refractivity contribution is 8.00. The molecule has 3 atom stereocenters. The van der Waals surface area contributed by atoms with E-state index in [-0.39, 0.29) is 23.3 Å². The predicted octanol–water partition coefficient (Wildman–Crippen LogP) is 2.91. The lowest BCUT2D eigenvalue weighted by Gasteiger charge is -2.24. The van der Waals surface area contributed by atoms with Crippen LogP contribution in [0.1, 0.15) is 37.6 Å². The zero-order valence-corrected chi connectivity index (χ0v) is 13.0. The molecule has 3 nitrogen and oxygen atoms in total. The monoisotopic (exact) mass is 299 g/mol. The van der Waals surface area contributed by atoms with Gasteiger partial charge in [0.1, 0.15) is 0 Å². The Kier molecular flexibility index (Phi) is 5.30. The van der Waals surface area contributed by atoms with Gasteiger partial charge in [-0.3, -0.25) is 4.79 Å². The molecule has 0 aromatic carbocycles. The molecule has 1 fully saturated rings. The zero-order valence-electron chi connectivity index (χ0n) is 11.4. The Morgan fingerprint density at radius 3 is 3.05 bits per heavy atom. The van der Waals surface area contributed by atoms with Crippen molar-refractivity contribution in [3.63, 3.8) is 0 Å². The smallest absolute Gasteiger partial charge is 0.233 e. The number of amides is 1. The summed E-state index contributed by atoms with van der Waals surface area (Å²) in [6, 6.07) is 4.44. The molecule has 2 heterocycles. The van der Waals surface area contributed by atoms with Crippen LogP contribution < -0.4 is 0 Å². The van der Waals surface area contributed by atoms with Crippen LogP contribution in [0.4, 0.5) is 0 Å². The molecule has 1 aliphatic heterocycles. The summed E-state index contributed by atoms with van der Waals surface area (Å²) < 4.78 is 0. The van der Waals surface area contributed by atoms with Gasteiger partial charge in [-0.15, -0.1) is 23.1 Å². The number of hydrogen-bond donors (Lipinski definition) is 1. The molecule has 0 saturated carbocycles. The minimum Gasteiger partial charge on any atom is -0.392 e. The van der Waals surface area contributed by atoms with E-state index >= 15 is 0 Å². The second-order valence-corrected chi connectivity index (χ2v) is 7.36. The summed E-state index contributed by atoms with van der Waals surface area (Å²) in [5.74, 6) is 0.668. The second kappa shape index (κ2) is 6.77. The summed E-state index contributed by atoms with van der Waals surface area (Å²) in [6.45, 7) is 4.60. The molecule has 1 aromatic heterocycles. The van der Waals surface area contributed by atoms with E-state index < -0.39 is 0 Å². The van der Waals surface area contributed by atoms with Gasteiger partial charge in [-0.1, -0.05) is 13.0 Å². The first-order valence-corrected chi connectivity index (χ1v) is 8.65. The van der Waals surface area contributed by atoms with Crippen molar-refractivity contribution in [3.8, 4) is 0 Å². The summed E-state index contributed by atoms with van der Waals surface area (Å²) in [7, 11) is 0. The van der Waals surface area contributed by atoms with Gasteiger partial charge in [0.05, 0.1) is 17.9 Å². The minimum atomic E-state index is -0.371. The quantitative estimate of drug-likeness (QED) is 0.909. The molecule has 0 bridgehead atoms. The van der Waals surface area contributed by atoms with Crippen LogP contribution in [-0.2, 0) is 4.79 Å². The zero-order chi connectivity index (χ0) is 13.8. The maximum absolute atomic E-state index is 12.3. The lowest BCUT2D eigenvalue weighted by molar-refractivity contribution is -0.129. The maximum Gasteiger partial charge on any atom is 0.233 e. The maximum atomic E-state index is 12.3. The first-order chi connectivity index (χ1) is 9.09. The molecule has 0 aliphatic carbocycles. The Hall–Kier alpha value is -0.520. The minimum absolute atomic E-state index is 0.103. The van der Waals surface area contributed by atoms with Crippen LogP contribution in [0.25, 0.3) is 0 Å². The van der Waals surface area contributed by atoms with E-state index in [4.69, 9.17) is 0 Å². The summed E-state index contributed by atoms with van der Waals surface area (Å²) in [4.78, 5) is 15.6. The van der Waals surface area contributed by atoms with Crippen molar-refractivity contribution in [1.82, 2.24) is 4.90 Å². The second-order valence-electron chi connectivity index (χ2n) is 5.02. The molecule has 19 heavy (non-hydrogen) atoms. The number of nitrogens with zero attached hydrogens (tertiary/aromatic N) is 1. The number of thioether (sulfide) groups is 1. The van der Waals surface area contributed by atoms with Crippen molar-refractivity contribution in [1.29, 1.82) is 0 Å². The van der Waals surface area contributed by atoms with E-state index in [0.717, 1.165) is 19.4 Å². The van der Waals surface area contributed by atoms with Crippen LogP contribution in [0, 0.1) is 0 Å². The Bertz CT molecular complexity index is 406. The summed E-state index contributed by atoms with van der Waals surface area (Å²) >= 11 is 3.27. The van der Waals surface area contributed by atoms with Crippen LogP contribution in [-0.4, -0.2) is 39.6 Å². The Morgan fingerprint density at radius 2 is 2.42 bits per heavy atom. The fourth-order valence-electron chi connectivity index (χ4n) is 2.27. The third-order valence-corrected chi connectivity index (χ3v) is 5.90. The molecule has 1 amide bonds. The van der Waals surface area contributed by atoms with Crippen molar-refractivity contribution < 1.29 is 9.90 Å². The number of thiophene rings is 1. The highest BCUT2D eigenvalue weighted by Crippen LogP contribution is 2.35. The average molecular weight is 299 g/mol. The van der Waals surface area contributed by atoms with E-state index in [1.807, 2.05) is 17.9 Å². The molecule has 1 saturated heterocycles. The van der Waals surface area contributed by atoms with Gasteiger partial charge in [0.15, 0.2) is 0 Å². The highest BCUT2D eigenvalue weighted by Gasteiger charge is 2.30. The third-order valence-electron chi connectivity index (χ3n) is 3.59. The van der Waals surface area contributed by atoms with Gasteiger partial charge in [0.2, 0.25) is 5.91 Å². The van der Waals surface area contributed by atoms with Crippen molar-refractivity contribution in [2.24, 2.45) is 0 Å². The van der Waals surface area contributed by atoms with Gasteiger partial charge in [-0.2, -0.15) is 0 Å². The normalized spacial score (nSPS) is 22.5. The van der Waals surface area contributed by atoms with E-state index in [9.17, 15) is 9.90 Å². The van der Waals surface area contributed by atoms with Gasteiger partial charge < -0.3 is 10.0 Å². The number of likely N-dealkylation sites (tertiary alicyclic amines) is 1. The van der Waals surface area contributed by atoms with Crippen molar-refractivity contribution in [2.75, 3.05) is 12.3 Å². The molecule has 1 N–H and O–H groups in total. The van der Waals surface area contributed by atoms with E-state index in [1.54, 1.807) is 30.0 Å². The van der Waals surface area contributed by atoms with Crippen molar-refractivity contribution in [3.05, 3.63) is 22.4 Å². The standard InChI is InChI=1S/C14H21NO2S2/c1-10(16)11(2)19-9-14(17)15-7-3-5-12(15)13-6-4-8-18-13/h4,6,8,10-12,16H,3,5,7,9H2,1-2H3. The summed E-state index contributed by atoms with van der Waals surface area (Å²) in [6.07, 6.45) is 1.79. The fraction of sp³-hybridized carbons (Fsp3) is 0.643. The lowest BCUT2D eigenvalue weighted by Crippen LogP contribution is -2.32. The number of hydrogen-bond acceptors (Lipinski definition) is 4. The lowest BCUT2D eigenvalue weighted by atomic mass is 10.2. The Labute approximate surface area is 123 Å². The number of aliphatic hydroxyl groups is 1. The number of carbonyl (C=O) groups is 1. The van der Waals surface area contributed by atoms with Crippen molar-refractivity contribution in [2.45, 2.75) is 44.1 Å². The largest absolute Gasteiger partial charge is 0.392 e. The third kappa shape index (κ3) is 3.74. The van der Waals surface area contributed by atoms with Crippen LogP contribution in [0.3, 0.4) is 0 Å². The molecule has 2 rings (SSSR count). The molecule has 106 valence electrons. The molecule has 0 radical (unpaired) electrons. The first kappa shape index (κ1) is 14.9. The molecule has 1 aliphatic rings. The van der Waals surface area contributed by atoms with Crippen LogP contribution in [0.2, 0.25) is 0 Å². The fourth-order valence-corrected chi connectivity index (χ4v) is 3.99. The molecule has 0 spiro atoms. The van der Waals surface area contributed by atoms with Crippen LogP contribution >= 0.6 is 23.1 Å². The summed E-state index contributed by atoms with van der Waals surface area (Å²) in [5, 5.41) is 11.6. The van der Waals surface area contributed by atoms with Gasteiger partial charge in [-0.25, -0.2) is 0 Å². The first-order valence-electron chi connectivity index (χ1n) is 6.72. The summed E-state index contributed by atoms with van der Waals surface area (Å²) in [5.41, 5.74) is 0. The highest BCUT2D eigenvalue weighted by atomic mass is 32.2. The van der Waals surface area contributed by atoms with Crippen LogP contribution in [0.5, 0.6) is 0 Å². The van der Waals surface area contributed by atoms with Gasteiger partial charge in [0, 0.05) is 16.7 Å². The Morgan fingerprint density at radius 1 is 1.63 bits per heavy atom. The number of rotatable bonds is 5. The van der Waals surface area contributed by atoms with Gasteiger partial charge >= 0.3 is 0 Å². The molecular weight excluding hydrogens is 278 g/mol. The van der Waals surface area contributed by atoms with E-state index in [0.29, 0.717) is 5.75 Å². The molecule has 1 aromatic rings. The Balaban J connectivity index is 1.91. The van der Waals surface area contributed by atoms with Crippen molar-refractivity contribution >= 4 is 29.0 Å². The molecule has 3 unspecified atom stereocenters. The molecule has 5 heteroatoms. The van der Waals surface area contributed by atoms with E-state index in [1.165, 1.54) is 4.88 Å². The topological polar surface area (TPSA) is 40.5 Å². The van der Waals surface area contributed by atoms with Gasteiger partial charge in [-0.05, 0) is 31.2 Å². The number of carbonyl (C=O) groups excluding carboxylic acids is 1.